The van der Waals surface area contributed by atoms with Gasteiger partial charge in [-0.3, -0.25) is 9.59 Å². The Balaban J connectivity index is 1.56. The Kier molecular flexibility index (Phi) is 5.51. The van der Waals surface area contributed by atoms with Crippen molar-refractivity contribution >= 4 is 11.8 Å². The highest BCUT2D eigenvalue weighted by molar-refractivity contribution is 5.95. The van der Waals surface area contributed by atoms with Crippen LogP contribution in [-0.4, -0.2) is 43.5 Å². The molecule has 2 unspecified atom stereocenters. The number of hydrogen-bond donors (Lipinski definition) is 1. The molecule has 29 heavy (non-hydrogen) atoms. The molecule has 1 saturated heterocycles. The molecule has 1 aliphatic heterocycles. The number of hydrogen-bond acceptors (Lipinski definition) is 3. The van der Waals surface area contributed by atoms with E-state index in [1.807, 2.05) is 24.3 Å². The molecule has 4 rings (SSSR count). The Labute approximate surface area is 169 Å². The summed E-state index contributed by atoms with van der Waals surface area (Å²) in [4.78, 5) is 27.6. The first-order valence-corrected chi connectivity index (χ1v) is 10.0. The van der Waals surface area contributed by atoms with Gasteiger partial charge in [-0.2, -0.15) is 0 Å². The summed E-state index contributed by atoms with van der Waals surface area (Å²) in [6.45, 7) is 1.48. The second kappa shape index (κ2) is 8.23. The molecule has 6 heteroatoms. The van der Waals surface area contributed by atoms with E-state index in [1.54, 1.807) is 12.0 Å². The lowest BCUT2D eigenvalue weighted by Gasteiger charge is -2.18. The Bertz CT molecular complexity index is 895. The Hall–Kier alpha value is -2.89. The number of likely N-dealkylation sites (tertiary alicyclic amines) is 1. The third-order valence-electron chi connectivity index (χ3n) is 5.82. The molecule has 1 N–H and O–H groups in total. The minimum atomic E-state index is -0.380. The van der Waals surface area contributed by atoms with Crippen molar-refractivity contribution in [3.63, 3.8) is 0 Å². The number of ether oxygens (including phenoxy) is 1. The quantitative estimate of drug-likeness (QED) is 0.816. The number of benzene rings is 2. The molecular weight excluding hydrogens is 371 g/mol. The van der Waals surface area contributed by atoms with Crippen LogP contribution in [0.15, 0.2) is 48.5 Å². The van der Waals surface area contributed by atoms with Crippen LogP contribution in [0.25, 0.3) is 0 Å². The molecule has 1 aliphatic carbocycles. The molecule has 2 atom stereocenters. The number of nitrogens with one attached hydrogen (secondary N) is 1. The number of halogens is 1. The van der Waals surface area contributed by atoms with Crippen LogP contribution < -0.4 is 10.1 Å². The van der Waals surface area contributed by atoms with Crippen LogP contribution >= 0.6 is 0 Å². The zero-order chi connectivity index (χ0) is 20.4. The maximum atomic E-state index is 13.2. The first-order chi connectivity index (χ1) is 14.0. The average Bonchev–Trinajstić information content (AvgIpc) is 3.47. The van der Waals surface area contributed by atoms with Gasteiger partial charge in [0.1, 0.15) is 11.6 Å². The van der Waals surface area contributed by atoms with Gasteiger partial charge in [0.25, 0.3) is 5.91 Å². The van der Waals surface area contributed by atoms with E-state index in [0.29, 0.717) is 31.1 Å². The van der Waals surface area contributed by atoms with E-state index in [1.165, 1.54) is 37.1 Å². The monoisotopic (exact) mass is 396 g/mol. The van der Waals surface area contributed by atoms with Gasteiger partial charge in [-0.05, 0) is 60.7 Å². The van der Waals surface area contributed by atoms with Crippen LogP contribution in [0.2, 0.25) is 0 Å². The highest BCUT2D eigenvalue weighted by atomic mass is 19.1. The third-order valence-corrected chi connectivity index (χ3v) is 5.82. The summed E-state index contributed by atoms with van der Waals surface area (Å²) < 4.78 is 18.6. The maximum Gasteiger partial charge on any atom is 0.253 e. The van der Waals surface area contributed by atoms with E-state index >= 15 is 0 Å². The second-order valence-electron chi connectivity index (χ2n) is 7.90. The highest BCUT2D eigenvalue weighted by Crippen LogP contribution is 2.35. The van der Waals surface area contributed by atoms with E-state index < -0.39 is 0 Å². The molecule has 1 saturated carbocycles. The fraction of sp³-hybridized carbons (Fsp3) is 0.391. The number of methoxy groups -OCH3 is 1. The lowest BCUT2D eigenvalue weighted by molar-refractivity contribution is -0.125. The van der Waals surface area contributed by atoms with E-state index in [0.717, 1.165) is 11.3 Å². The van der Waals surface area contributed by atoms with Gasteiger partial charge in [0.2, 0.25) is 5.91 Å². The van der Waals surface area contributed by atoms with Crippen molar-refractivity contribution in [3.8, 4) is 5.75 Å². The predicted molar refractivity (Wildman–Crippen MR) is 107 cm³/mol. The Morgan fingerprint density at radius 3 is 2.59 bits per heavy atom. The molecule has 152 valence electrons. The summed E-state index contributed by atoms with van der Waals surface area (Å²) in [5, 5.41) is 3.06. The molecule has 0 aromatic heterocycles. The standard InChI is InChI=1S/C23H25FN2O3/c1-29-19-4-2-3-17(11-19)20-13-26(23(28)16-7-9-18(24)10-8-16)14-21(20)22(27)25-12-15-5-6-15/h2-4,7-11,15,20-21H,5-6,12-14H2,1H3,(H,25,27). The largest absolute Gasteiger partial charge is 0.497 e. The first kappa shape index (κ1) is 19.4. The number of carbonyl (C=O) groups is 2. The van der Waals surface area contributed by atoms with Gasteiger partial charge < -0.3 is 15.0 Å². The van der Waals surface area contributed by atoms with E-state index in [9.17, 15) is 14.0 Å². The maximum absolute atomic E-state index is 13.2. The zero-order valence-electron chi connectivity index (χ0n) is 16.4. The van der Waals surface area contributed by atoms with Gasteiger partial charge in [0, 0.05) is 31.1 Å². The number of rotatable bonds is 6. The fourth-order valence-electron chi connectivity index (χ4n) is 3.92. The van der Waals surface area contributed by atoms with Crippen LogP contribution in [0.5, 0.6) is 5.75 Å². The van der Waals surface area contributed by atoms with Crippen molar-refractivity contribution in [1.82, 2.24) is 10.2 Å². The van der Waals surface area contributed by atoms with Crippen LogP contribution in [0.4, 0.5) is 4.39 Å². The number of carbonyl (C=O) groups excluding carboxylic acids is 2. The Morgan fingerprint density at radius 1 is 1.14 bits per heavy atom. The summed E-state index contributed by atoms with van der Waals surface area (Å²) in [5.41, 5.74) is 1.40. The second-order valence-corrected chi connectivity index (χ2v) is 7.90. The van der Waals surface area contributed by atoms with Crippen molar-refractivity contribution in [3.05, 3.63) is 65.5 Å². The average molecular weight is 396 g/mol. The highest BCUT2D eigenvalue weighted by Gasteiger charge is 2.41. The van der Waals surface area contributed by atoms with Crippen molar-refractivity contribution in [2.24, 2.45) is 11.8 Å². The molecular formula is C23H25FN2O3. The molecule has 2 fully saturated rings. The molecule has 2 amide bonds. The van der Waals surface area contributed by atoms with Crippen molar-refractivity contribution in [1.29, 1.82) is 0 Å². The van der Waals surface area contributed by atoms with Crippen LogP contribution in [-0.2, 0) is 4.79 Å². The van der Waals surface area contributed by atoms with Crippen LogP contribution in [0, 0.1) is 17.7 Å². The number of nitrogens with zero attached hydrogens (tertiary/aromatic N) is 1. The predicted octanol–water partition coefficient (Wildman–Crippen LogP) is 3.22. The van der Waals surface area contributed by atoms with Crippen LogP contribution in [0.1, 0.15) is 34.7 Å². The topological polar surface area (TPSA) is 58.6 Å². The van der Waals surface area contributed by atoms with Gasteiger partial charge >= 0.3 is 0 Å². The minimum Gasteiger partial charge on any atom is -0.497 e. The lowest BCUT2D eigenvalue weighted by atomic mass is 9.88. The van der Waals surface area contributed by atoms with Gasteiger partial charge in [0.15, 0.2) is 0 Å². The smallest absolute Gasteiger partial charge is 0.253 e. The molecule has 0 bridgehead atoms. The van der Waals surface area contributed by atoms with Gasteiger partial charge in [-0.1, -0.05) is 12.1 Å². The summed E-state index contributed by atoms with van der Waals surface area (Å²) >= 11 is 0. The molecule has 5 nitrogen and oxygen atoms in total. The van der Waals surface area contributed by atoms with Crippen molar-refractivity contribution in [2.45, 2.75) is 18.8 Å². The van der Waals surface area contributed by atoms with Gasteiger partial charge in [-0.25, -0.2) is 4.39 Å². The molecule has 0 spiro atoms. The van der Waals surface area contributed by atoms with E-state index in [2.05, 4.69) is 5.32 Å². The van der Waals surface area contributed by atoms with Gasteiger partial charge in [-0.15, -0.1) is 0 Å². The van der Waals surface area contributed by atoms with Crippen molar-refractivity contribution in [2.75, 3.05) is 26.7 Å². The van der Waals surface area contributed by atoms with E-state index in [4.69, 9.17) is 4.74 Å². The molecule has 0 radical (unpaired) electrons. The van der Waals surface area contributed by atoms with Crippen molar-refractivity contribution < 1.29 is 18.7 Å². The Morgan fingerprint density at radius 2 is 1.90 bits per heavy atom. The summed E-state index contributed by atoms with van der Waals surface area (Å²) in [6, 6.07) is 13.2. The molecule has 1 heterocycles. The zero-order valence-corrected chi connectivity index (χ0v) is 16.4. The summed E-state index contributed by atoms with van der Waals surface area (Å²) in [6.07, 6.45) is 2.33. The number of amides is 2. The first-order valence-electron chi connectivity index (χ1n) is 10.0. The van der Waals surface area contributed by atoms with Crippen LogP contribution in [0.3, 0.4) is 0 Å². The molecule has 2 aromatic rings. The molecule has 2 aliphatic rings. The minimum absolute atomic E-state index is 0.0147. The fourth-order valence-corrected chi connectivity index (χ4v) is 3.92. The summed E-state index contributed by atoms with van der Waals surface area (Å²) in [5.74, 6) is 0.290. The molecule has 2 aromatic carbocycles. The summed E-state index contributed by atoms with van der Waals surface area (Å²) in [7, 11) is 1.61. The SMILES string of the molecule is COc1cccc(C2CN(C(=O)c3ccc(F)cc3)CC2C(=O)NCC2CC2)c1. The lowest BCUT2D eigenvalue weighted by Crippen LogP contribution is -2.36. The van der Waals surface area contributed by atoms with Gasteiger partial charge in [0.05, 0.1) is 13.0 Å². The third kappa shape index (κ3) is 4.42. The normalized spacial score (nSPS) is 21.1. The van der Waals surface area contributed by atoms with E-state index in [-0.39, 0.29) is 29.5 Å².